The minimum Gasteiger partial charge on any atom is -0.462 e. The number of amides is 1. The average molecular weight is 541 g/mol. The third kappa shape index (κ3) is 4.86. The molecule has 1 N–H and O–H groups in total. The second-order valence-electron chi connectivity index (χ2n) is 14.0. The van der Waals surface area contributed by atoms with Gasteiger partial charge in [0.1, 0.15) is 6.10 Å². The summed E-state index contributed by atoms with van der Waals surface area (Å²) < 4.78 is 16.8. The van der Waals surface area contributed by atoms with Gasteiger partial charge in [0.2, 0.25) is 0 Å². The summed E-state index contributed by atoms with van der Waals surface area (Å²) in [6.45, 7) is 13.0. The normalized spacial score (nSPS) is 43.9. The molecule has 0 spiro atoms. The molecule has 0 aromatic heterocycles. The van der Waals surface area contributed by atoms with Gasteiger partial charge in [-0.3, -0.25) is 4.90 Å². The summed E-state index contributed by atoms with van der Waals surface area (Å²) in [6, 6.07) is 0. The van der Waals surface area contributed by atoms with Crippen molar-refractivity contribution in [3.8, 4) is 0 Å². The first-order chi connectivity index (χ1) is 18.7. The highest BCUT2D eigenvalue weighted by Gasteiger charge is 2.62. The van der Waals surface area contributed by atoms with Crippen molar-refractivity contribution in [2.75, 3.05) is 46.0 Å². The van der Waals surface area contributed by atoms with Gasteiger partial charge in [0, 0.05) is 38.2 Å². The maximum atomic E-state index is 12.6. The predicted octanol–water partition coefficient (Wildman–Crippen LogP) is 5.11. The summed E-state index contributed by atoms with van der Waals surface area (Å²) in [6.07, 6.45) is 15.2. The van der Waals surface area contributed by atoms with E-state index in [1.165, 1.54) is 25.7 Å². The van der Waals surface area contributed by atoms with Crippen LogP contribution in [-0.2, 0) is 19.0 Å². The second-order valence-corrected chi connectivity index (χ2v) is 14.0. The highest BCUT2D eigenvalue weighted by atomic mass is 16.6. The van der Waals surface area contributed by atoms with E-state index in [2.05, 4.69) is 43.1 Å². The van der Waals surface area contributed by atoms with E-state index in [4.69, 9.17) is 14.2 Å². The van der Waals surface area contributed by atoms with Gasteiger partial charge in [-0.2, -0.15) is 0 Å². The van der Waals surface area contributed by atoms with Crippen LogP contribution in [0.4, 0.5) is 4.79 Å². The van der Waals surface area contributed by atoms with Crippen molar-refractivity contribution >= 4 is 12.1 Å². The Morgan fingerprint density at radius 3 is 2.69 bits per heavy atom. The molecule has 7 heteroatoms. The summed E-state index contributed by atoms with van der Waals surface area (Å²) in [5.41, 5.74) is 2.38. The Labute approximate surface area is 234 Å². The summed E-state index contributed by atoms with van der Waals surface area (Å²) >= 11 is 0. The molecule has 8 atom stereocenters. The van der Waals surface area contributed by atoms with Crippen molar-refractivity contribution in [1.82, 2.24) is 10.2 Å². The molecule has 1 saturated heterocycles. The summed E-state index contributed by atoms with van der Waals surface area (Å²) in [5.74, 6) is 2.01. The second kappa shape index (κ2) is 10.5. The van der Waals surface area contributed by atoms with E-state index in [-0.39, 0.29) is 34.4 Å². The van der Waals surface area contributed by atoms with Crippen LogP contribution in [-0.4, -0.2) is 69.1 Å². The van der Waals surface area contributed by atoms with E-state index < -0.39 is 0 Å². The first kappa shape index (κ1) is 27.3. The Bertz CT molecular complexity index is 1020. The zero-order valence-electron chi connectivity index (χ0n) is 24.2. The van der Waals surface area contributed by atoms with Gasteiger partial charge >= 0.3 is 12.1 Å². The Kier molecular flexibility index (Phi) is 7.37. The lowest BCUT2D eigenvalue weighted by molar-refractivity contribution is -0.144. The van der Waals surface area contributed by atoms with Gasteiger partial charge < -0.3 is 19.5 Å². The minimum absolute atomic E-state index is 0.00717. The molecule has 2 aliphatic heterocycles. The van der Waals surface area contributed by atoms with E-state index in [0.29, 0.717) is 36.8 Å². The lowest BCUT2D eigenvalue weighted by Crippen LogP contribution is -2.57. The van der Waals surface area contributed by atoms with Crippen LogP contribution in [0.2, 0.25) is 0 Å². The van der Waals surface area contributed by atoms with Crippen LogP contribution in [0, 0.1) is 39.9 Å². The lowest BCUT2D eigenvalue weighted by atomic mass is 9.41. The molecule has 0 bridgehead atoms. The molecule has 6 aliphatic rings. The molecule has 4 fully saturated rings. The SMILES string of the molecule is C[C@]12CCC3C4=CC[C@H](C5C=CC(=O)OC5)[C@@]4(C)CC[C@@H]3[C@@]1(C)CC[C@H](OC(=O)NCCN1CCOCC1)C2. The number of fused-ring (bicyclic) bond motifs is 5. The van der Waals surface area contributed by atoms with Crippen molar-refractivity contribution in [3.63, 3.8) is 0 Å². The number of hydrogen-bond acceptors (Lipinski definition) is 6. The molecule has 6 rings (SSSR count). The van der Waals surface area contributed by atoms with Gasteiger partial charge in [0.05, 0.1) is 19.8 Å². The highest BCUT2D eigenvalue weighted by Crippen LogP contribution is 2.70. The van der Waals surface area contributed by atoms with Gasteiger partial charge in [-0.15, -0.1) is 0 Å². The molecule has 0 aromatic rings. The van der Waals surface area contributed by atoms with Crippen molar-refractivity contribution in [2.24, 2.45) is 39.9 Å². The standard InChI is InChI=1S/C32H48N2O5/c1-30-11-9-24-26-6-5-25(22-4-7-28(35)38-21-22)31(26,2)12-10-27(24)32(30,3)13-8-23(20-30)39-29(36)33-14-15-34-16-18-37-19-17-34/h4,6-7,22-25,27H,5,8-21H2,1-3H3,(H,33,36)/t22?,23-,24?,25+,27-,30+,31+,32+/m0/s1. The molecule has 216 valence electrons. The van der Waals surface area contributed by atoms with Crippen LogP contribution in [0.3, 0.4) is 0 Å². The quantitative estimate of drug-likeness (QED) is 0.386. The molecule has 7 nitrogen and oxygen atoms in total. The van der Waals surface area contributed by atoms with Gasteiger partial charge in [-0.25, -0.2) is 9.59 Å². The minimum atomic E-state index is -0.257. The maximum absolute atomic E-state index is 12.6. The van der Waals surface area contributed by atoms with Crippen molar-refractivity contribution in [2.45, 2.75) is 78.2 Å². The fourth-order valence-electron chi connectivity index (χ4n) is 9.77. The Hall–Kier alpha value is -1.86. The van der Waals surface area contributed by atoms with Gasteiger partial charge in [-0.05, 0) is 85.4 Å². The number of nitrogens with zero attached hydrogens (tertiary/aromatic N) is 1. The van der Waals surface area contributed by atoms with Crippen molar-refractivity contribution in [3.05, 3.63) is 23.8 Å². The molecule has 0 aromatic carbocycles. The lowest BCUT2D eigenvalue weighted by Gasteiger charge is -2.64. The Morgan fingerprint density at radius 1 is 1.10 bits per heavy atom. The fourth-order valence-corrected chi connectivity index (χ4v) is 9.77. The first-order valence-electron chi connectivity index (χ1n) is 15.5. The number of allylic oxidation sites excluding steroid dienone is 2. The Balaban J connectivity index is 1.07. The molecule has 4 aliphatic carbocycles. The monoisotopic (exact) mass is 540 g/mol. The average Bonchev–Trinajstić information content (AvgIpc) is 3.27. The van der Waals surface area contributed by atoms with E-state index >= 15 is 0 Å². The maximum Gasteiger partial charge on any atom is 0.407 e. The van der Waals surface area contributed by atoms with E-state index in [1.807, 2.05) is 0 Å². The topological polar surface area (TPSA) is 77.1 Å². The molecular formula is C32H48N2O5. The van der Waals surface area contributed by atoms with Gasteiger partial charge in [0.15, 0.2) is 0 Å². The summed E-state index contributed by atoms with van der Waals surface area (Å²) in [4.78, 5) is 26.6. The van der Waals surface area contributed by atoms with Crippen LogP contribution in [0.25, 0.3) is 0 Å². The fraction of sp³-hybridized carbons (Fsp3) is 0.812. The Morgan fingerprint density at radius 2 is 1.92 bits per heavy atom. The van der Waals surface area contributed by atoms with Crippen LogP contribution in [0.5, 0.6) is 0 Å². The number of carbonyl (C=O) groups excluding carboxylic acids is 2. The summed E-state index contributed by atoms with van der Waals surface area (Å²) in [5, 5.41) is 3.00. The number of esters is 1. The largest absolute Gasteiger partial charge is 0.462 e. The number of alkyl carbamates (subject to hydrolysis) is 1. The number of carbonyl (C=O) groups is 2. The first-order valence-corrected chi connectivity index (χ1v) is 15.5. The van der Waals surface area contributed by atoms with Gasteiger partial charge in [0.25, 0.3) is 0 Å². The van der Waals surface area contributed by atoms with Gasteiger partial charge in [-0.1, -0.05) is 38.5 Å². The zero-order chi connectivity index (χ0) is 27.3. The molecule has 1 amide bonds. The van der Waals surface area contributed by atoms with Crippen molar-refractivity contribution in [1.29, 1.82) is 0 Å². The molecule has 2 heterocycles. The van der Waals surface area contributed by atoms with E-state index in [1.54, 1.807) is 11.6 Å². The van der Waals surface area contributed by atoms with Crippen molar-refractivity contribution < 1.29 is 23.8 Å². The molecule has 0 radical (unpaired) electrons. The number of cyclic esters (lactones) is 1. The van der Waals surface area contributed by atoms with E-state index in [9.17, 15) is 9.59 Å². The number of hydrogen-bond donors (Lipinski definition) is 1. The van der Waals surface area contributed by atoms with Crippen LogP contribution in [0.1, 0.15) is 72.1 Å². The molecule has 3 saturated carbocycles. The number of nitrogens with one attached hydrogen (secondary N) is 1. The number of rotatable bonds is 5. The molecule has 2 unspecified atom stereocenters. The van der Waals surface area contributed by atoms with Crippen LogP contribution < -0.4 is 5.32 Å². The highest BCUT2D eigenvalue weighted by molar-refractivity contribution is 5.82. The third-order valence-electron chi connectivity index (χ3n) is 12.3. The number of morpholine rings is 1. The zero-order valence-corrected chi connectivity index (χ0v) is 24.2. The molecular weight excluding hydrogens is 492 g/mol. The van der Waals surface area contributed by atoms with E-state index in [0.717, 1.165) is 58.5 Å². The number of ether oxygens (including phenoxy) is 3. The predicted molar refractivity (Wildman–Crippen MR) is 149 cm³/mol. The molecule has 39 heavy (non-hydrogen) atoms. The smallest absolute Gasteiger partial charge is 0.407 e. The van der Waals surface area contributed by atoms with Crippen LogP contribution in [0.15, 0.2) is 23.8 Å². The summed E-state index contributed by atoms with van der Waals surface area (Å²) in [7, 11) is 0. The third-order valence-corrected chi connectivity index (χ3v) is 12.3. The van der Waals surface area contributed by atoms with Crippen LogP contribution >= 0.6 is 0 Å².